The van der Waals surface area contributed by atoms with Crippen molar-refractivity contribution in [2.45, 2.75) is 13.0 Å². The molecular weight excluding hydrogens is 252 g/mol. The molecule has 0 amide bonds. The van der Waals surface area contributed by atoms with Crippen molar-refractivity contribution in [2.75, 3.05) is 0 Å². The molecule has 0 fully saturated rings. The van der Waals surface area contributed by atoms with Crippen molar-refractivity contribution in [3.8, 4) is 11.5 Å². The molecule has 3 aromatic rings. The van der Waals surface area contributed by atoms with Crippen molar-refractivity contribution in [2.24, 2.45) is 5.73 Å². The van der Waals surface area contributed by atoms with Crippen molar-refractivity contribution in [1.29, 1.82) is 0 Å². The van der Waals surface area contributed by atoms with Gasteiger partial charge in [-0.1, -0.05) is 35.5 Å². The fraction of sp³-hybridized carbons (Fsp3) is 0.133. The summed E-state index contributed by atoms with van der Waals surface area (Å²) in [7, 11) is 0. The van der Waals surface area contributed by atoms with Crippen molar-refractivity contribution < 1.29 is 4.52 Å². The molecule has 1 aromatic carbocycles. The van der Waals surface area contributed by atoms with Gasteiger partial charge in [0.1, 0.15) is 11.7 Å². The molecular formula is C15H14N4O. The van der Waals surface area contributed by atoms with Gasteiger partial charge >= 0.3 is 0 Å². The second-order valence-corrected chi connectivity index (χ2v) is 4.56. The van der Waals surface area contributed by atoms with E-state index in [9.17, 15) is 0 Å². The van der Waals surface area contributed by atoms with Crippen LogP contribution in [0.15, 0.2) is 53.2 Å². The third-order valence-corrected chi connectivity index (χ3v) is 3.01. The van der Waals surface area contributed by atoms with Gasteiger partial charge in [0.15, 0.2) is 0 Å². The van der Waals surface area contributed by atoms with E-state index in [1.165, 1.54) is 0 Å². The van der Waals surface area contributed by atoms with Crippen LogP contribution in [0.4, 0.5) is 0 Å². The van der Waals surface area contributed by atoms with E-state index in [4.69, 9.17) is 10.3 Å². The van der Waals surface area contributed by atoms with Gasteiger partial charge in [-0.2, -0.15) is 4.98 Å². The van der Waals surface area contributed by atoms with Crippen LogP contribution in [-0.2, 0) is 0 Å². The molecule has 0 unspecified atom stereocenters. The van der Waals surface area contributed by atoms with E-state index >= 15 is 0 Å². The van der Waals surface area contributed by atoms with Crippen molar-refractivity contribution in [3.63, 3.8) is 0 Å². The molecule has 5 nitrogen and oxygen atoms in total. The summed E-state index contributed by atoms with van der Waals surface area (Å²) in [5.74, 6) is 0.838. The summed E-state index contributed by atoms with van der Waals surface area (Å²) in [4.78, 5) is 8.56. The quantitative estimate of drug-likeness (QED) is 0.788. The van der Waals surface area contributed by atoms with Gasteiger partial charge in [-0.25, -0.2) is 0 Å². The first-order valence-corrected chi connectivity index (χ1v) is 6.31. The van der Waals surface area contributed by atoms with Crippen molar-refractivity contribution in [1.82, 2.24) is 15.1 Å². The molecule has 2 aromatic heterocycles. The predicted octanol–water partition coefficient (Wildman–Crippen LogP) is 2.49. The predicted molar refractivity (Wildman–Crippen MR) is 74.7 cm³/mol. The molecule has 0 spiro atoms. The molecule has 0 aliphatic rings. The van der Waals surface area contributed by atoms with Crippen LogP contribution in [0.1, 0.15) is 23.1 Å². The third kappa shape index (κ3) is 2.44. The van der Waals surface area contributed by atoms with Gasteiger partial charge in [0.05, 0.1) is 0 Å². The van der Waals surface area contributed by atoms with Gasteiger partial charge in [-0.15, -0.1) is 0 Å². The largest absolute Gasteiger partial charge is 0.337 e. The molecule has 2 heterocycles. The molecule has 100 valence electrons. The minimum absolute atomic E-state index is 0.384. The van der Waals surface area contributed by atoms with Crippen LogP contribution >= 0.6 is 0 Å². The smallest absolute Gasteiger partial charge is 0.248 e. The summed E-state index contributed by atoms with van der Waals surface area (Å²) in [6.45, 7) is 1.99. The highest BCUT2D eigenvalue weighted by Crippen LogP contribution is 2.20. The van der Waals surface area contributed by atoms with E-state index in [-0.39, 0.29) is 0 Å². The molecule has 5 heteroatoms. The number of rotatable bonds is 3. The maximum absolute atomic E-state index is 6.12. The average Bonchev–Trinajstić information content (AvgIpc) is 2.97. The number of nitrogens with two attached hydrogens (primary N) is 1. The Labute approximate surface area is 116 Å². The second-order valence-electron chi connectivity index (χ2n) is 4.56. The van der Waals surface area contributed by atoms with Crippen LogP contribution in [-0.4, -0.2) is 15.1 Å². The summed E-state index contributed by atoms with van der Waals surface area (Å²) in [6.07, 6.45) is 1.72. The zero-order valence-corrected chi connectivity index (χ0v) is 11.0. The van der Waals surface area contributed by atoms with Gasteiger partial charge in [-0.05, 0) is 30.2 Å². The maximum Gasteiger partial charge on any atom is 0.248 e. The van der Waals surface area contributed by atoms with E-state index in [1.54, 1.807) is 6.20 Å². The fourth-order valence-corrected chi connectivity index (χ4v) is 1.93. The molecule has 0 radical (unpaired) electrons. The van der Waals surface area contributed by atoms with E-state index in [0.717, 1.165) is 11.1 Å². The average molecular weight is 266 g/mol. The standard InChI is InChI=1S/C15H14N4O/c1-10-7-8-17-12(9-10)14-18-15(20-19-14)13(16)11-5-3-2-4-6-11/h2-9,13H,16H2,1H3/t13-/m1/s1. The SMILES string of the molecule is Cc1ccnc(-c2noc([C@H](N)c3ccccc3)n2)c1. The number of aromatic nitrogens is 3. The van der Waals surface area contributed by atoms with Crippen LogP contribution in [0.25, 0.3) is 11.5 Å². The fourth-order valence-electron chi connectivity index (χ4n) is 1.93. The minimum Gasteiger partial charge on any atom is -0.337 e. The van der Waals surface area contributed by atoms with Gasteiger partial charge in [0.25, 0.3) is 0 Å². The summed E-state index contributed by atoms with van der Waals surface area (Å²) in [6, 6.07) is 13.0. The Morgan fingerprint density at radius 3 is 2.70 bits per heavy atom. The number of pyridine rings is 1. The monoisotopic (exact) mass is 266 g/mol. The minimum atomic E-state index is -0.428. The zero-order valence-electron chi connectivity index (χ0n) is 11.0. The summed E-state index contributed by atoms with van der Waals surface area (Å²) in [5.41, 5.74) is 8.82. The van der Waals surface area contributed by atoms with E-state index < -0.39 is 6.04 Å². The first-order valence-electron chi connectivity index (χ1n) is 6.31. The zero-order chi connectivity index (χ0) is 13.9. The highest BCUT2D eigenvalue weighted by atomic mass is 16.5. The molecule has 1 atom stereocenters. The number of nitrogens with zero attached hydrogens (tertiary/aromatic N) is 3. The Kier molecular flexibility index (Phi) is 3.26. The van der Waals surface area contributed by atoms with Crippen LogP contribution in [0.2, 0.25) is 0 Å². The normalized spacial score (nSPS) is 12.3. The van der Waals surface area contributed by atoms with Gasteiger partial charge in [0, 0.05) is 6.20 Å². The van der Waals surface area contributed by atoms with Crippen molar-refractivity contribution >= 4 is 0 Å². The number of aryl methyl sites for hydroxylation is 1. The van der Waals surface area contributed by atoms with Gasteiger partial charge in [-0.3, -0.25) is 4.98 Å². The Morgan fingerprint density at radius 1 is 1.15 bits per heavy atom. The molecule has 0 saturated carbocycles. The lowest BCUT2D eigenvalue weighted by molar-refractivity contribution is 0.367. The van der Waals surface area contributed by atoms with E-state index in [0.29, 0.717) is 17.4 Å². The number of hydrogen-bond donors (Lipinski definition) is 1. The molecule has 0 bridgehead atoms. The van der Waals surface area contributed by atoms with E-state index in [1.807, 2.05) is 49.4 Å². The van der Waals surface area contributed by atoms with Crippen LogP contribution in [0.3, 0.4) is 0 Å². The lowest BCUT2D eigenvalue weighted by atomic mass is 10.1. The highest BCUT2D eigenvalue weighted by Gasteiger charge is 2.17. The molecule has 0 aliphatic carbocycles. The van der Waals surface area contributed by atoms with Gasteiger partial charge in [0.2, 0.25) is 11.7 Å². The topological polar surface area (TPSA) is 77.8 Å². The van der Waals surface area contributed by atoms with Crippen LogP contribution in [0, 0.1) is 6.92 Å². The summed E-state index contributed by atoms with van der Waals surface area (Å²) >= 11 is 0. The van der Waals surface area contributed by atoms with Crippen molar-refractivity contribution in [3.05, 3.63) is 65.7 Å². The summed E-state index contributed by atoms with van der Waals surface area (Å²) in [5, 5.41) is 3.95. The third-order valence-electron chi connectivity index (χ3n) is 3.01. The first kappa shape index (κ1) is 12.5. The van der Waals surface area contributed by atoms with Crippen LogP contribution < -0.4 is 5.73 Å². The molecule has 0 aliphatic heterocycles. The lowest BCUT2D eigenvalue weighted by Gasteiger charge is -2.05. The van der Waals surface area contributed by atoms with Crippen LogP contribution in [0.5, 0.6) is 0 Å². The first-order chi connectivity index (χ1) is 9.74. The molecule has 20 heavy (non-hydrogen) atoms. The molecule has 3 rings (SSSR count). The number of benzene rings is 1. The highest BCUT2D eigenvalue weighted by molar-refractivity contribution is 5.49. The van der Waals surface area contributed by atoms with E-state index in [2.05, 4.69) is 15.1 Å². The lowest BCUT2D eigenvalue weighted by Crippen LogP contribution is -2.12. The Bertz CT molecular complexity index is 709. The Morgan fingerprint density at radius 2 is 1.95 bits per heavy atom. The maximum atomic E-state index is 6.12. The second kappa shape index (κ2) is 5.22. The summed E-state index contributed by atoms with van der Waals surface area (Å²) < 4.78 is 5.25. The Balaban J connectivity index is 1.91. The Hall–Kier alpha value is -2.53. The number of hydrogen-bond acceptors (Lipinski definition) is 5. The van der Waals surface area contributed by atoms with Gasteiger partial charge < -0.3 is 10.3 Å². The molecule has 0 saturated heterocycles. The molecule has 2 N–H and O–H groups in total.